The zero-order valence-electron chi connectivity index (χ0n) is 25.0. The van der Waals surface area contributed by atoms with E-state index in [-0.39, 0.29) is 46.5 Å². The normalized spacial score (nSPS) is 12.1. The van der Waals surface area contributed by atoms with E-state index in [1.807, 2.05) is 18.2 Å². The number of sulfone groups is 1. The number of methoxy groups -OCH3 is 1. The second-order valence-electron chi connectivity index (χ2n) is 10.3. The van der Waals surface area contributed by atoms with Crippen molar-refractivity contribution in [3.8, 4) is 16.9 Å². The molecule has 0 radical (unpaired) electrons. The summed E-state index contributed by atoms with van der Waals surface area (Å²) in [6.45, 7) is 1.72. The van der Waals surface area contributed by atoms with Gasteiger partial charge in [-0.25, -0.2) is 22.2 Å². The second kappa shape index (κ2) is 12.8. The first-order valence-electron chi connectivity index (χ1n) is 13.9. The van der Waals surface area contributed by atoms with Gasteiger partial charge in [0.05, 0.1) is 30.2 Å². The van der Waals surface area contributed by atoms with Gasteiger partial charge in [-0.2, -0.15) is 4.98 Å². The molecular formula is C32H31FN6O5S. The maximum Gasteiger partial charge on any atom is 0.257 e. The topological polar surface area (TPSA) is 135 Å². The van der Waals surface area contributed by atoms with Crippen LogP contribution in [0.2, 0.25) is 0 Å². The molecule has 0 bridgehead atoms. The SMILES string of the molecule is CNCC(=O)N(c1nc2ccc(-c3ccc(NC(=O)[C@H](C)c4ccc(F)cc4)cc3)cn2n1)c1ccc(S(C)(=O)=O)cc1OC. The fourth-order valence-corrected chi connectivity index (χ4v) is 5.33. The molecule has 2 aromatic heterocycles. The van der Waals surface area contributed by atoms with E-state index in [1.54, 1.807) is 55.0 Å². The number of halogens is 1. The Labute approximate surface area is 259 Å². The van der Waals surface area contributed by atoms with Gasteiger partial charge < -0.3 is 15.4 Å². The molecular weight excluding hydrogens is 599 g/mol. The van der Waals surface area contributed by atoms with Crippen molar-refractivity contribution in [2.24, 2.45) is 0 Å². The predicted octanol–water partition coefficient (Wildman–Crippen LogP) is 4.57. The van der Waals surface area contributed by atoms with E-state index in [9.17, 15) is 22.4 Å². The van der Waals surface area contributed by atoms with Gasteiger partial charge in [-0.05, 0) is 73.6 Å². The molecule has 0 saturated heterocycles. The number of hydrogen-bond donors (Lipinski definition) is 2. The Balaban J connectivity index is 1.41. The molecule has 2 heterocycles. The fraction of sp³-hybridized carbons (Fsp3) is 0.188. The monoisotopic (exact) mass is 630 g/mol. The first-order valence-corrected chi connectivity index (χ1v) is 15.8. The predicted molar refractivity (Wildman–Crippen MR) is 169 cm³/mol. The molecule has 0 unspecified atom stereocenters. The van der Waals surface area contributed by atoms with Crippen molar-refractivity contribution < 1.29 is 27.1 Å². The quantitative estimate of drug-likeness (QED) is 0.229. The van der Waals surface area contributed by atoms with Gasteiger partial charge in [0.25, 0.3) is 5.95 Å². The van der Waals surface area contributed by atoms with Crippen molar-refractivity contribution in [1.29, 1.82) is 0 Å². The number of nitrogens with zero attached hydrogens (tertiary/aromatic N) is 4. The first-order chi connectivity index (χ1) is 21.5. The maximum absolute atomic E-state index is 13.3. The van der Waals surface area contributed by atoms with E-state index in [1.165, 1.54) is 42.3 Å². The molecule has 5 aromatic rings. The average molecular weight is 631 g/mol. The molecule has 0 aliphatic carbocycles. The van der Waals surface area contributed by atoms with Gasteiger partial charge in [0, 0.05) is 29.8 Å². The molecule has 2 N–H and O–H groups in total. The van der Waals surface area contributed by atoms with Crippen molar-refractivity contribution in [3.63, 3.8) is 0 Å². The highest BCUT2D eigenvalue weighted by molar-refractivity contribution is 7.90. The number of nitrogens with one attached hydrogen (secondary N) is 2. The third-order valence-electron chi connectivity index (χ3n) is 7.17. The lowest BCUT2D eigenvalue weighted by molar-refractivity contribution is -0.118. The summed E-state index contributed by atoms with van der Waals surface area (Å²) >= 11 is 0. The molecule has 0 aliphatic heterocycles. The summed E-state index contributed by atoms with van der Waals surface area (Å²) < 4.78 is 44.5. The summed E-state index contributed by atoms with van der Waals surface area (Å²) in [6.07, 6.45) is 2.85. The molecule has 1 atom stereocenters. The highest BCUT2D eigenvalue weighted by Crippen LogP contribution is 2.35. The number of ether oxygens (including phenoxy) is 1. The number of amides is 2. The van der Waals surface area contributed by atoms with Crippen LogP contribution in [-0.4, -0.2) is 61.8 Å². The third kappa shape index (κ3) is 6.84. The number of anilines is 3. The molecule has 0 aliphatic rings. The number of carbonyl (C=O) groups is 2. The number of benzene rings is 3. The van der Waals surface area contributed by atoms with Crippen LogP contribution in [0.3, 0.4) is 0 Å². The average Bonchev–Trinajstić information content (AvgIpc) is 3.44. The van der Waals surface area contributed by atoms with Crippen molar-refractivity contribution in [2.45, 2.75) is 17.7 Å². The summed E-state index contributed by atoms with van der Waals surface area (Å²) in [4.78, 5) is 31.9. The lowest BCUT2D eigenvalue weighted by Crippen LogP contribution is -2.34. The minimum absolute atomic E-state index is 0.0383. The molecule has 11 nitrogen and oxygen atoms in total. The number of hydrogen-bond acceptors (Lipinski definition) is 8. The molecule has 0 saturated carbocycles. The van der Waals surface area contributed by atoms with Crippen LogP contribution < -0.4 is 20.3 Å². The van der Waals surface area contributed by atoms with E-state index >= 15 is 0 Å². The standard InChI is InChI=1S/C32H31FN6O5S/c1-20(21-5-10-24(33)11-6-21)31(41)35-25-12-7-22(8-13-25)23-9-16-29-36-32(37-38(29)19-23)39(30(40)18-34-2)27-15-14-26(45(4,42)43)17-28(27)44-3/h5-17,19-20,34H,18H2,1-4H3,(H,35,41)/t20-/m1/s1. The smallest absolute Gasteiger partial charge is 0.257 e. The Morgan fingerprint density at radius 1 is 1.00 bits per heavy atom. The lowest BCUT2D eigenvalue weighted by atomic mass is 10.00. The summed E-state index contributed by atoms with van der Waals surface area (Å²) in [5.74, 6) is -1.18. The minimum Gasteiger partial charge on any atom is -0.495 e. The fourth-order valence-electron chi connectivity index (χ4n) is 4.69. The van der Waals surface area contributed by atoms with Gasteiger partial charge in [0.1, 0.15) is 11.6 Å². The van der Waals surface area contributed by atoms with Gasteiger partial charge in [-0.15, -0.1) is 5.10 Å². The van der Waals surface area contributed by atoms with E-state index in [4.69, 9.17) is 4.74 Å². The highest BCUT2D eigenvalue weighted by Gasteiger charge is 2.26. The van der Waals surface area contributed by atoms with Crippen LogP contribution in [0.25, 0.3) is 16.8 Å². The Hall–Kier alpha value is -5.14. The van der Waals surface area contributed by atoms with Crippen LogP contribution in [0.1, 0.15) is 18.4 Å². The highest BCUT2D eigenvalue weighted by atomic mass is 32.2. The molecule has 45 heavy (non-hydrogen) atoms. The van der Waals surface area contributed by atoms with Gasteiger partial charge in [0.15, 0.2) is 15.5 Å². The maximum atomic E-state index is 13.3. The van der Waals surface area contributed by atoms with Crippen LogP contribution >= 0.6 is 0 Å². The Morgan fingerprint density at radius 3 is 2.33 bits per heavy atom. The Bertz CT molecular complexity index is 1980. The molecule has 232 valence electrons. The van der Waals surface area contributed by atoms with Crippen molar-refractivity contribution in [3.05, 3.63) is 96.4 Å². The first kappa shape index (κ1) is 31.3. The third-order valence-corrected chi connectivity index (χ3v) is 8.28. The van der Waals surface area contributed by atoms with Crippen molar-refractivity contribution >= 4 is 44.6 Å². The molecule has 3 aromatic carbocycles. The molecule has 0 fully saturated rings. The minimum atomic E-state index is -3.51. The van der Waals surface area contributed by atoms with Gasteiger partial charge >= 0.3 is 0 Å². The van der Waals surface area contributed by atoms with Crippen molar-refractivity contribution in [2.75, 3.05) is 37.2 Å². The molecule has 13 heteroatoms. The second-order valence-corrected chi connectivity index (χ2v) is 12.4. The van der Waals surface area contributed by atoms with Crippen molar-refractivity contribution in [1.82, 2.24) is 19.9 Å². The zero-order chi connectivity index (χ0) is 32.3. The van der Waals surface area contributed by atoms with E-state index in [0.29, 0.717) is 16.9 Å². The number of likely N-dealkylation sites (N-methyl/N-ethyl adjacent to an activating group) is 1. The number of fused-ring (bicyclic) bond motifs is 1. The van der Waals surface area contributed by atoms with Crippen LogP contribution in [0.15, 0.2) is 90.0 Å². The van der Waals surface area contributed by atoms with Crippen LogP contribution in [0, 0.1) is 5.82 Å². The zero-order valence-corrected chi connectivity index (χ0v) is 25.8. The summed E-state index contributed by atoms with van der Waals surface area (Å²) in [5.41, 5.74) is 3.73. The van der Waals surface area contributed by atoms with E-state index in [0.717, 1.165) is 17.4 Å². The number of aromatic nitrogens is 3. The molecule has 0 spiro atoms. The Morgan fingerprint density at radius 2 is 1.69 bits per heavy atom. The van der Waals surface area contributed by atoms with Gasteiger partial charge in [-0.3, -0.25) is 9.59 Å². The van der Waals surface area contributed by atoms with Crippen LogP contribution in [0.5, 0.6) is 5.75 Å². The van der Waals surface area contributed by atoms with Crippen LogP contribution in [0.4, 0.5) is 21.7 Å². The summed E-state index contributed by atoms with van der Waals surface area (Å²) in [6, 6.07) is 21.0. The molecule has 2 amide bonds. The lowest BCUT2D eigenvalue weighted by Gasteiger charge is -2.21. The number of rotatable bonds is 10. The van der Waals surface area contributed by atoms with Crippen LogP contribution in [-0.2, 0) is 19.4 Å². The van der Waals surface area contributed by atoms with Gasteiger partial charge in [0.2, 0.25) is 11.8 Å². The van der Waals surface area contributed by atoms with Gasteiger partial charge in [-0.1, -0.05) is 24.3 Å². The van der Waals surface area contributed by atoms with E-state index in [2.05, 4.69) is 20.7 Å². The number of carbonyl (C=O) groups excluding carboxylic acids is 2. The molecule has 5 rings (SSSR count). The summed E-state index contributed by atoms with van der Waals surface area (Å²) in [7, 11) is -0.496. The van der Waals surface area contributed by atoms with E-state index < -0.39 is 15.8 Å². The Kier molecular flexibility index (Phi) is 8.93. The number of pyridine rings is 1. The summed E-state index contributed by atoms with van der Waals surface area (Å²) in [5, 5.41) is 10.3. The largest absolute Gasteiger partial charge is 0.495 e.